The Kier molecular flexibility index (Phi) is 9.16. The zero-order valence-corrected chi connectivity index (χ0v) is 18.0. The van der Waals surface area contributed by atoms with Crippen LogP contribution in [0.15, 0.2) is 0 Å². The average molecular weight is 311 g/mol. The van der Waals surface area contributed by atoms with Crippen molar-refractivity contribution in [3.8, 4) is 34.4 Å². The molecule has 0 atom stereocenters. The van der Waals surface area contributed by atoms with Crippen molar-refractivity contribution >= 4 is 24.2 Å². The fraction of sp³-hybridized carbons (Fsp3) is 0.562. The van der Waals surface area contributed by atoms with Gasteiger partial charge in [-0.05, 0) is 0 Å². The molecule has 0 aromatic heterocycles. The molecule has 0 spiro atoms. The van der Waals surface area contributed by atoms with Gasteiger partial charge in [0.2, 0.25) is 0 Å². The van der Waals surface area contributed by atoms with Crippen LogP contribution in [0.5, 0.6) is 0 Å². The molecule has 0 saturated carbocycles. The fourth-order valence-electron chi connectivity index (χ4n) is 0.844. The van der Waals surface area contributed by atoms with E-state index in [0.717, 1.165) is 5.92 Å². The molecular weight excluding hydrogens is 283 g/mol. The molecule has 0 amide bonds. The number of rotatable bonds is 0. The van der Waals surface area contributed by atoms with Gasteiger partial charge in [-0.15, -0.1) is 0 Å². The monoisotopic (exact) mass is 310 g/mol. The SMILES string of the molecule is C[Si](C)(C)C#C[C-](C#C[Si](C)(C)C)C#C[Si](C)(C)C.[Li+]. The van der Waals surface area contributed by atoms with E-state index in [1.165, 1.54) is 0 Å². The molecule has 4 heteroatoms. The molecule has 0 fully saturated rings. The van der Waals surface area contributed by atoms with Crippen molar-refractivity contribution in [2.75, 3.05) is 0 Å². The van der Waals surface area contributed by atoms with Gasteiger partial charge in [-0.3, -0.25) is 0 Å². The molecule has 0 saturated heterocycles. The molecule has 20 heavy (non-hydrogen) atoms. The van der Waals surface area contributed by atoms with Gasteiger partial charge in [0.05, 0.1) is 24.2 Å². The van der Waals surface area contributed by atoms with Crippen LogP contribution in [-0.2, 0) is 0 Å². The summed E-state index contributed by atoms with van der Waals surface area (Å²) in [5, 5.41) is 0. The minimum absolute atomic E-state index is 0. The van der Waals surface area contributed by atoms with Gasteiger partial charge >= 0.3 is 18.9 Å². The molecule has 0 aliphatic carbocycles. The summed E-state index contributed by atoms with van der Waals surface area (Å²) in [5.74, 6) is 10.5. The summed E-state index contributed by atoms with van der Waals surface area (Å²) in [6.07, 6.45) is 0. The van der Waals surface area contributed by atoms with Gasteiger partial charge in [0.25, 0.3) is 0 Å². The second-order valence-electron chi connectivity index (χ2n) is 7.88. The molecule has 0 N–H and O–H groups in total. The summed E-state index contributed by atoms with van der Waals surface area (Å²) in [6, 6.07) is 0. The zero-order chi connectivity index (χ0) is 15.3. The van der Waals surface area contributed by atoms with Crippen LogP contribution in [0.25, 0.3) is 0 Å². The van der Waals surface area contributed by atoms with E-state index in [4.69, 9.17) is 0 Å². The van der Waals surface area contributed by atoms with Crippen molar-refractivity contribution < 1.29 is 18.9 Å². The standard InChI is InChI=1S/C16H27Si3.Li/c1-17(2,3)13-10-16(11-14-18(4,5)6)12-15-19(7,8)9;/h1-9H3;/q-1;+1. The minimum Gasteiger partial charge on any atom is -0.223 e. The molecule has 0 aromatic rings. The Hall–Kier alpha value is -0.202. The van der Waals surface area contributed by atoms with Crippen molar-refractivity contribution in [1.29, 1.82) is 0 Å². The second kappa shape index (κ2) is 8.29. The maximum Gasteiger partial charge on any atom is 1.00 e. The van der Waals surface area contributed by atoms with Gasteiger partial charge in [-0.1, -0.05) is 58.9 Å². The van der Waals surface area contributed by atoms with Crippen molar-refractivity contribution in [2.45, 2.75) is 58.9 Å². The van der Waals surface area contributed by atoms with Crippen molar-refractivity contribution in [3.63, 3.8) is 0 Å². The van der Waals surface area contributed by atoms with Crippen LogP contribution in [0, 0.1) is 40.3 Å². The van der Waals surface area contributed by atoms with Crippen LogP contribution >= 0.6 is 0 Å². The Morgan fingerprint density at radius 3 is 0.850 bits per heavy atom. The van der Waals surface area contributed by atoms with Gasteiger partial charge in [0.1, 0.15) is 0 Å². The van der Waals surface area contributed by atoms with E-state index in [1.54, 1.807) is 0 Å². The largest absolute Gasteiger partial charge is 1.00 e. The summed E-state index contributed by atoms with van der Waals surface area (Å²) in [5.41, 5.74) is 10.1. The van der Waals surface area contributed by atoms with Crippen LogP contribution in [-0.4, -0.2) is 24.2 Å². The first-order chi connectivity index (χ1) is 8.29. The molecule has 0 aliphatic heterocycles. The summed E-state index contributed by atoms with van der Waals surface area (Å²) < 4.78 is 0. The predicted molar refractivity (Wildman–Crippen MR) is 96.6 cm³/mol. The molecule has 0 bridgehead atoms. The van der Waals surface area contributed by atoms with Gasteiger partial charge in [-0.25, -0.2) is 16.6 Å². The topological polar surface area (TPSA) is 0 Å². The maximum atomic E-state index is 3.37. The summed E-state index contributed by atoms with van der Waals surface area (Å²) in [6.45, 7) is 20.2. The van der Waals surface area contributed by atoms with Crippen LogP contribution in [0.3, 0.4) is 0 Å². The fourth-order valence-corrected chi connectivity index (χ4v) is 2.34. The van der Waals surface area contributed by atoms with Crippen LogP contribution in [0.4, 0.5) is 0 Å². The van der Waals surface area contributed by atoms with Crippen LogP contribution in [0.2, 0.25) is 58.9 Å². The molecule has 0 unspecified atom stereocenters. The third-order valence-corrected chi connectivity index (χ3v) is 4.31. The molecule has 104 valence electrons. The summed E-state index contributed by atoms with van der Waals surface area (Å²) >= 11 is 0. The molecule has 0 radical (unpaired) electrons. The van der Waals surface area contributed by atoms with Gasteiger partial charge in [0, 0.05) is 5.92 Å². The first-order valence-corrected chi connectivity index (χ1v) is 17.2. The average Bonchev–Trinajstić information content (AvgIpc) is 2.11. The smallest absolute Gasteiger partial charge is 0.223 e. The van der Waals surface area contributed by atoms with Gasteiger partial charge in [0.15, 0.2) is 0 Å². The predicted octanol–water partition coefficient (Wildman–Crippen LogP) is 1.21. The minimum atomic E-state index is -1.36. The summed E-state index contributed by atoms with van der Waals surface area (Å²) in [7, 11) is -4.09. The second-order valence-corrected chi connectivity index (χ2v) is 22.1. The van der Waals surface area contributed by atoms with Crippen molar-refractivity contribution in [3.05, 3.63) is 5.92 Å². The zero-order valence-electron chi connectivity index (χ0n) is 15.0. The van der Waals surface area contributed by atoms with E-state index in [9.17, 15) is 0 Å². The van der Waals surface area contributed by atoms with E-state index in [2.05, 4.69) is 93.3 Å². The maximum absolute atomic E-state index is 3.37. The van der Waals surface area contributed by atoms with Crippen molar-refractivity contribution in [1.82, 2.24) is 0 Å². The van der Waals surface area contributed by atoms with Crippen LogP contribution < -0.4 is 18.9 Å². The Morgan fingerprint density at radius 2 is 0.700 bits per heavy atom. The van der Waals surface area contributed by atoms with Gasteiger partial charge in [-0.2, -0.15) is 17.8 Å². The number of hydrogen-bond donors (Lipinski definition) is 0. The first-order valence-electron chi connectivity index (χ1n) is 6.75. The quantitative estimate of drug-likeness (QED) is 0.358. The van der Waals surface area contributed by atoms with E-state index in [-0.39, 0.29) is 18.9 Å². The molecule has 0 heterocycles. The van der Waals surface area contributed by atoms with Gasteiger partial charge < -0.3 is 0 Å². The molecule has 0 aromatic carbocycles. The van der Waals surface area contributed by atoms with E-state index in [0.29, 0.717) is 0 Å². The Bertz CT molecular complexity index is 406. The van der Waals surface area contributed by atoms with E-state index >= 15 is 0 Å². The third kappa shape index (κ3) is 15.9. The Labute approximate surface area is 142 Å². The summed E-state index contributed by atoms with van der Waals surface area (Å²) in [4.78, 5) is 0. The van der Waals surface area contributed by atoms with E-state index < -0.39 is 24.2 Å². The van der Waals surface area contributed by atoms with E-state index in [1.807, 2.05) is 0 Å². The molecular formula is C16H27LiSi3. The van der Waals surface area contributed by atoms with Crippen LogP contribution in [0.1, 0.15) is 0 Å². The Morgan fingerprint density at radius 1 is 0.500 bits per heavy atom. The first kappa shape index (κ1) is 22.1. The third-order valence-electron chi connectivity index (χ3n) is 1.69. The number of hydrogen-bond acceptors (Lipinski definition) is 0. The molecule has 0 nitrogen and oxygen atoms in total. The molecule has 0 aliphatic rings. The normalized spacial score (nSPS) is 10.7. The Balaban J connectivity index is 0. The van der Waals surface area contributed by atoms with Crippen molar-refractivity contribution in [2.24, 2.45) is 0 Å². The molecule has 0 rings (SSSR count).